The molecule has 7 nitrogen and oxygen atoms in total. The number of aromatic nitrogens is 1. The summed E-state index contributed by atoms with van der Waals surface area (Å²) < 4.78 is 0. The van der Waals surface area contributed by atoms with Crippen LogP contribution in [0.4, 0.5) is 5.13 Å². The van der Waals surface area contributed by atoms with Gasteiger partial charge in [0.1, 0.15) is 12.8 Å². The number of nitrogens with one attached hydrogen (secondary N) is 1. The molecular formula is C17H21N5O2S. The van der Waals surface area contributed by atoms with Crippen molar-refractivity contribution in [2.24, 2.45) is 10.1 Å². The van der Waals surface area contributed by atoms with Crippen molar-refractivity contribution < 1.29 is 9.63 Å². The van der Waals surface area contributed by atoms with Crippen LogP contribution in [0.5, 0.6) is 0 Å². The molecule has 0 bridgehead atoms. The number of aliphatic imine (C=N–C) groups is 1. The Morgan fingerprint density at radius 3 is 2.80 bits per heavy atom. The Balaban J connectivity index is 2.00. The van der Waals surface area contributed by atoms with E-state index in [1.165, 1.54) is 18.4 Å². The predicted molar refractivity (Wildman–Crippen MR) is 101 cm³/mol. The van der Waals surface area contributed by atoms with E-state index in [9.17, 15) is 4.79 Å². The molecule has 0 fully saturated rings. The number of nitrogens with zero attached hydrogens (tertiary/aromatic N) is 4. The van der Waals surface area contributed by atoms with Crippen LogP contribution >= 0.6 is 11.3 Å². The molecule has 2 rings (SSSR count). The first-order valence-corrected chi connectivity index (χ1v) is 8.58. The molecule has 0 spiro atoms. The first kappa shape index (κ1) is 18.6. The number of hydrogen-bond acceptors (Lipinski definition) is 6. The monoisotopic (exact) mass is 359 g/mol. The second kappa shape index (κ2) is 9.53. The molecule has 132 valence electrons. The van der Waals surface area contributed by atoms with Gasteiger partial charge in [0.2, 0.25) is 5.13 Å². The number of hydrogen-bond donors (Lipinski definition) is 1. The molecule has 1 amide bonds. The highest BCUT2D eigenvalue weighted by molar-refractivity contribution is 7.13. The summed E-state index contributed by atoms with van der Waals surface area (Å²) in [5, 5.41) is 8.94. The molecule has 25 heavy (non-hydrogen) atoms. The molecule has 0 aliphatic carbocycles. The van der Waals surface area contributed by atoms with E-state index < -0.39 is 0 Å². The number of amides is 1. The zero-order valence-corrected chi connectivity index (χ0v) is 15.3. The van der Waals surface area contributed by atoms with Crippen molar-refractivity contribution in [3.8, 4) is 0 Å². The molecule has 1 heterocycles. The first-order chi connectivity index (χ1) is 12.1. The van der Waals surface area contributed by atoms with Gasteiger partial charge in [-0.15, -0.1) is 11.3 Å². The third kappa shape index (κ3) is 6.00. The summed E-state index contributed by atoms with van der Waals surface area (Å²) in [6.45, 7) is 0.501. The highest BCUT2D eigenvalue weighted by atomic mass is 32.1. The number of benzene rings is 1. The van der Waals surface area contributed by atoms with E-state index >= 15 is 0 Å². The minimum Gasteiger partial charge on any atom is -0.398 e. The summed E-state index contributed by atoms with van der Waals surface area (Å²) in [7, 11) is 5.14. The van der Waals surface area contributed by atoms with E-state index in [1.54, 1.807) is 11.7 Å². The van der Waals surface area contributed by atoms with E-state index in [2.05, 4.69) is 20.4 Å². The Labute approximate surface area is 151 Å². The Bertz CT molecular complexity index is 741. The molecule has 8 heteroatoms. The molecule has 0 unspecified atom stereocenters. The van der Waals surface area contributed by atoms with Gasteiger partial charge in [0.05, 0.1) is 6.34 Å². The summed E-state index contributed by atoms with van der Waals surface area (Å²) in [5.41, 5.74) is 1.73. The topological polar surface area (TPSA) is 79.2 Å². The smallest absolute Gasteiger partial charge is 0.275 e. The molecule has 0 aliphatic rings. The molecule has 0 atom stereocenters. The third-order valence-electron chi connectivity index (χ3n) is 3.07. The van der Waals surface area contributed by atoms with Gasteiger partial charge in [-0.05, 0) is 12.0 Å². The van der Waals surface area contributed by atoms with E-state index in [0.29, 0.717) is 17.4 Å². The van der Waals surface area contributed by atoms with Crippen LogP contribution in [0.2, 0.25) is 0 Å². The largest absolute Gasteiger partial charge is 0.398 e. The average Bonchev–Trinajstić information content (AvgIpc) is 3.07. The molecule has 0 saturated heterocycles. The number of carbonyl (C=O) groups excluding carboxylic acids is 1. The van der Waals surface area contributed by atoms with E-state index in [0.717, 1.165) is 12.0 Å². The van der Waals surface area contributed by atoms with Gasteiger partial charge in [-0.2, -0.15) is 0 Å². The number of carbonyl (C=O) groups is 1. The highest BCUT2D eigenvalue weighted by Gasteiger charge is 2.18. The second-order valence-electron chi connectivity index (χ2n) is 5.34. The SMILES string of the molecule is CO/N=C(\C(=O)NCCc1ccccc1)c1csc(/N=C/N(C)C)n1. The zero-order valence-electron chi connectivity index (χ0n) is 14.5. The van der Waals surface area contributed by atoms with Crippen molar-refractivity contribution in [3.63, 3.8) is 0 Å². The minimum atomic E-state index is -0.328. The number of thiazole rings is 1. The lowest BCUT2D eigenvalue weighted by Crippen LogP contribution is -2.33. The maximum absolute atomic E-state index is 12.4. The molecule has 1 aromatic heterocycles. The lowest BCUT2D eigenvalue weighted by Gasteiger charge is -2.06. The summed E-state index contributed by atoms with van der Waals surface area (Å²) in [5.74, 6) is -0.328. The summed E-state index contributed by atoms with van der Waals surface area (Å²) >= 11 is 1.33. The standard InChI is InChI=1S/C17H21N5O2S/c1-22(2)12-19-17-20-14(11-25-17)15(21-24-3)16(23)18-10-9-13-7-5-4-6-8-13/h4-8,11-12H,9-10H2,1-3H3,(H,18,23)/b19-12+,21-15-. The van der Waals surface area contributed by atoms with E-state index in [-0.39, 0.29) is 11.6 Å². The lowest BCUT2D eigenvalue weighted by atomic mass is 10.1. The van der Waals surface area contributed by atoms with Gasteiger partial charge in [-0.25, -0.2) is 9.98 Å². The summed E-state index contributed by atoms with van der Waals surface area (Å²) in [6, 6.07) is 9.95. The summed E-state index contributed by atoms with van der Waals surface area (Å²) in [4.78, 5) is 27.5. The molecular weight excluding hydrogens is 338 g/mol. The Kier molecular flexibility index (Phi) is 7.09. The van der Waals surface area contributed by atoms with Crippen LogP contribution in [-0.2, 0) is 16.1 Å². The van der Waals surface area contributed by atoms with Gasteiger partial charge in [-0.3, -0.25) is 4.79 Å². The molecule has 1 N–H and O–H groups in total. The van der Waals surface area contributed by atoms with Gasteiger partial charge in [0, 0.05) is 26.0 Å². The summed E-state index contributed by atoms with van der Waals surface area (Å²) in [6.07, 6.45) is 2.39. The molecule has 0 aliphatic heterocycles. The van der Waals surface area contributed by atoms with Crippen molar-refractivity contribution >= 4 is 34.4 Å². The molecule has 0 radical (unpaired) electrons. The van der Waals surface area contributed by atoms with Crippen molar-refractivity contribution in [2.75, 3.05) is 27.7 Å². The fraction of sp³-hybridized carbons (Fsp3) is 0.294. The fourth-order valence-electron chi connectivity index (χ4n) is 1.94. The van der Waals surface area contributed by atoms with Crippen LogP contribution in [0.15, 0.2) is 45.9 Å². The number of rotatable bonds is 8. The molecule has 0 saturated carbocycles. The van der Waals surface area contributed by atoms with Gasteiger partial charge < -0.3 is 15.1 Å². The fourth-order valence-corrected chi connectivity index (χ4v) is 2.58. The normalized spacial score (nSPS) is 11.6. The average molecular weight is 359 g/mol. The predicted octanol–water partition coefficient (Wildman–Crippen LogP) is 2.07. The lowest BCUT2D eigenvalue weighted by molar-refractivity contribution is -0.114. The Morgan fingerprint density at radius 1 is 1.36 bits per heavy atom. The van der Waals surface area contributed by atoms with Gasteiger partial charge in [-0.1, -0.05) is 35.5 Å². The van der Waals surface area contributed by atoms with Crippen LogP contribution in [0.3, 0.4) is 0 Å². The van der Waals surface area contributed by atoms with Crippen LogP contribution in [0.1, 0.15) is 11.3 Å². The van der Waals surface area contributed by atoms with Gasteiger partial charge in [0.15, 0.2) is 5.71 Å². The second-order valence-corrected chi connectivity index (χ2v) is 6.17. The van der Waals surface area contributed by atoms with Crippen molar-refractivity contribution in [1.29, 1.82) is 0 Å². The minimum absolute atomic E-state index is 0.137. The third-order valence-corrected chi connectivity index (χ3v) is 3.82. The van der Waals surface area contributed by atoms with Crippen molar-refractivity contribution in [1.82, 2.24) is 15.2 Å². The van der Waals surface area contributed by atoms with Crippen LogP contribution < -0.4 is 5.32 Å². The van der Waals surface area contributed by atoms with Gasteiger partial charge >= 0.3 is 0 Å². The quantitative estimate of drug-likeness (QED) is 0.445. The van der Waals surface area contributed by atoms with Crippen LogP contribution in [0, 0.1) is 0 Å². The Hall–Kier alpha value is -2.74. The van der Waals surface area contributed by atoms with Crippen LogP contribution in [0.25, 0.3) is 0 Å². The first-order valence-electron chi connectivity index (χ1n) is 7.70. The highest BCUT2D eigenvalue weighted by Crippen LogP contribution is 2.19. The van der Waals surface area contributed by atoms with Crippen LogP contribution in [-0.4, -0.2) is 55.6 Å². The maximum Gasteiger partial charge on any atom is 0.275 e. The zero-order chi connectivity index (χ0) is 18.1. The van der Waals surface area contributed by atoms with Crippen molar-refractivity contribution in [3.05, 3.63) is 47.0 Å². The maximum atomic E-state index is 12.4. The van der Waals surface area contributed by atoms with Gasteiger partial charge in [0.25, 0.3) is 5.91 Å². The number of oxime groups is 1. The molecule has 2 aromatic rings. The molecule has 1 aromatic carbocycles. The Morgan fingerprint density at radius 2 is 2.12 bits per heavy atom. The van der Waals surface area contributed by atoms with Crippen molar-refractivity contribution in [2.45, 2.75) is 6.42 Å². The van der Waals surface area contributed by atoms with E-state index in [1.807, 2.05) is 49.3 Å². The van der Waals surface area contributed by atoms with E-state index in [4.69, 9.17) is 4.84 Å².